The van der Waals surface area contributed by atoms with Crippen LogP contribution in [0, 0.1) is 29.6 Å². The topological polar surface area (TPSA) is 88.7 Å². The number of aromatic amines is 1. The number of methoxy groups -OCH3 is 1. The zero-order chi connectivity index (χ0) is 28.5. The van der Waals surface area contributed by atoms with Gasteiger partial charge in [0.1, 0.15) is 18.1 Å². The highest BCUT2D eigenvalue weighted by atomic mass is 32.2. The molecule has 4 aliphatic rings. The molecule has 3 heterocycles. The van der Waals surface area contributed by atoms with E-state index >= 15 is 0 Å². The van der Waals surface area contributed by atoms with Crippen molar-refractivity contribution in [2.24, 2.45) is 29.6 Å². The third-order valence-corrected chi connectivity index (χ3v) is 12.1. The first-order chi connectivity index (χ1) is 20.5. The monoisotopic (exact) mass is 596 g/mol. The van der Waals surface area contributed by atoms with Crippen LogP contribution in [-0.4, -0.2) is 29.2 Å². The van der Waals surface area contributed by atoms with Crippen molar-refractivity contribution in [2.75, 3.05) is 12.0 Å². The molecule has 0 radical (unpaired) electrons. The van der Waals surface area contributed by atoms with E-state index in [0.29, 0.717) is 18.0 Å². The van der Waals surface area contributed by atoms with Crippen molar-refractivity contribution in [1.29, 1.82) is 0 Å². The number of anilines is 1. The van der Waals surface area contributed by atoms with E-state index in [2.05, 4.69) is 17.1 Å². The fourth-order valence-corrected chi connectivity index (χ4v) is 10.8. The Morgan fingerprint density at radius 1 is 0.857 bits per heavy atom. The Kier molecular flexibility index (Phi) is 6.08. The summed E-state index contributed by atoms with van der Waals surface area (Å²) in [4.78, 5) is 45.8. The fourth-order valence-electron chi connectivity index (χ4n) is 7.89. The summed E-state index contributed by atoms with van der Waals surface area (Å²) in [5.74, 6) is 0.913. The molecule has 5 unspecified atom stereocenters. The first kappa shape index (κ1) is 25.9. The number of carbonyl (C=O) groups is 2. The zero-order valence-electron chi connectivity index (χ0n) is 22.8. The van der Waals surface area contributed by atoms with Crippen LogP contribution in [0.5, 0.6) is 11.5 Å². The van der Waals surface area contributed by atoms with E-state index in [1.807, 2.05) is 42.5 Å². The maximum Gasteiger partial charge on any atom is 0.305 e. The first-order valence-electron chi connectivity index (χ1n) is 14.2. The van der Waals surface area contributed by atoms with Crippen molar-refractivity contribution >= 4 is 40.6 Å². The van der Waals surface area contributed by atoms with Crippen molar-refractivity contribution in [3.8, 4) is 11.5 Å². The van der Waals surface area contributed by atoms with E-state index in [-0.39, 0.29) is 57.4 Å². The summed E-state index contributed by atoms with van der Waals surface area (Å²) >= 11 is 2.98. The second-order valence-electron chi connectivity index (χ2n) is 11.5. The number of nitrogens with one attached hydrogen (secondary N) is 1. The molecule has 0 spiro atoms. The number of ether oxygens (including phenoxy) is 2. The molecule has 7 atom stereocenters. The number of amides is 2. The van der Waals surface area contributed by atoms with Gasteiger partial charge in [0.25, 0.3) is 0 Å². The van der Waals surface area contributed by atoms with E-state index in [1.165, 1.54) is 16.2 Å². The van der Waals surface area contributed by atoms with Crippen LogP contribution >= 0.6 is 23.1 Å². The molecule has 2 saturated carbocycles. The predicted molar refractivity (Wildman–Crippen MR) is 161 cm³/mol. The van der Waals surface area contributed by atoms with E-state index < -0.39 is 0 Å². The van der Waals surface area contributed by atoms with Crippen LogP contribution in [0.2, 0.25) is 0 Å². The van der Waals surface area contributed by atoms with Gasteiger partial charge in [-0.1, -0.05) is 53.8 Å². The van der Waals surface area contributed by atoms with Gasteiger partial charge in [0.15, 0.2) is 0 Å². The largest absolute Gasteiger partial charge is 0.497 e. The van der Waals surface area contributed by atoms with Gasteiger partial charge < -0.3 is 14.5 Å². The Balaban J connectivity index is 1.12. The van der Waals surface area contributed by atoms with Gasteiger partial charge in [0.2, 0.25) is 11.8 Å². The molecule has 7 nitrogen and oxygen atoms in total. The minimum atomic E-state index is -0.334. The molecule has 1 N–H and O–H groups in total. The third-order valence-electron chi connectivity index (χ3n) is 9.54. The maximum atomic E-state index is 13.9. The summed E-state index contributed by atoms with van der Waals surface area (Å²) < 4.78 is 11.3. The van der Waals surface area contributed by atoms with Crippen LogP contribution in [0.3, 0.4) is 0 Å². The molecule has 42 heavy (non-hydrogen) atoms. The van der Waals surface area contributed by atoms with Crippen molar-refractivity contribution in [2.45, 2.75) is 29.2 Å². The highest BCUT2D eigenvalue weighted by Gasteiger charge is 2.69. The quantitative estimate of drug-likeness (QED) is 0.287. The Morgan fingerprint density at radius 2 is 1.55 bits per heavy atom. The number of thiazole rings is 1. The predicted octanol–water partition coefficient (Wildman–Crippen LogP) is 5.70. The Labute approximate surface area is 250 Å². The number of carbonyl (C=O) groups excluding carboxylic acids is 2. The molecule has 1 aromatic heterocycles. The van der Waals surface area contributed by atoms with Gasteiger partial charge in [-0.05, 0) is 71.7 Å². The zero-order valence-corrected chi connectivity index (χ0v) is 24.4. The van der Waals surface area contributed by atoms with Crippen molar-refractivity contribution in [3.05, 3.63) is 105 Å². The number of H-pyrrole nitrogens is 1. The minimum absolute atomic E-state index is 0.0211. The molecule has 212 valence electrons. The number of thioether (sulfide) groups is 1. The third kappa shape index (κ3) is 3.90. The Bertz CT molecular complexity index is 1730. The van der Waals surface area contributed by atoms with Crippen molar-refractivity contribution in [3.63, 3.8) is 0 Å². The van der Waals surface area contributed by atoms with Crippen molar-refractivity contribution < 1.29 is 19.1 Å². The fraction of sp³-hybridized carbons (Fsp3) is 0.303. The molecule has 3 aromatic carbocycles. The van der Waals surface area contributed by atoms with Gasteiger partial charge >= 0.3 is 4.87 Å². The second kappa shape index (κ2) is 9.88. The number of nitrogens with zero attached hydrogens (tertiary/aromatic N) is 1. The van der Waals surface area contributed by atoms with Crippen LogP contribution in [0.1, 0.15) is 28.3 Å². The lowest BCUT2D eigenvalue weighted by Gasteiger charge is -2.43. The minimum Gasteiger partial charge on any atom is -0.497 e. The molecule has 9 heteroatoms. The van der Waals surface area contributed by atoms with Crippen LogP contribution in [0.4, 0.5) is 5.69 Å². The van der Waals surface area contributed by atoms with Crippen LogP contribution in [-0.2, 0) is 16.2 Å². The molecular formula is C33H28N2O5S2. The Morgan fingerprint density at radius 3 is 2.26 bits per heavy atom. The van der Waals surface area contributed by atoms with E-state index in [9.17, 15) is 14.4 Å². The molecule has 2 amide bonds. The summed E-state index contributed by atoms with van der Waals surface area (Å²) in [6, 6.07) is 25.4. The molecule has 1 saturated heterocycles. The molecule has 2 bridgehead atoms. The number of aromatic nitrogens is 1. The van der Waals surface area contributed by atoms with Gasteiger partial charge in [-0.2, -0.15) is 0 Å². The summed E-state index contributed by atoms with van der Waals surface area (Å²) in [5.41, 5.74) is 2.81. The van der Waals surface area contributed by atoms with E-state index in [0.717, 1.165) is 33.2 Å². The smallest absolute Gasteiger partial charge is 0.305 e. The molecule has 3 fully saturated rings. The molecular weight excluding hydrogens is 569 g/mol. The van der Waals surface area contributed by atoms with Crippen LogP contribution < -0.4 is 19.2 Å². The van der Waals surface area contributed by atoms with Gasteiger partial charge in [0, 0.05) is 16.0 Å². The Hall–Kier alpha value is -3.82. The lowest BCUT2D eigenvalue weighted by molar-refractivity contribution is -0.123. The van der Waals surface area contributed by atoms with Gasteiger partial charge in [-0.25, -0.2) is 0 Å². The summed E-state index contributed by atoms with van der Waals surface area (Å²) in [6.07, 6.45) is 0.861. The highest BCUT2D eigenvalue weighted by molar-refractivity contribution is 8.00. The number of hydrogen-bond acceptors (Lipinski definition) is 7. The average molecular weight is 597 g/mol. The van der Waals surface area contributed by atoms with Crippen LogP contribution in [0.25, 0.3) is 0 Å². The van der Waals surface area contributed by atoms with E-state index in [1.54, 1.807) is 43.1 Å². The normalized spacial score (nSPS) is 28.9. The molecule has 2 aliphatic carbocycles. The average Bonchev–Trinajstić information content (AvgIpc) is 3.76. The summed E-state index contributed by atoms with van der Waals surface area (Å²) in [6.45, 7) is 0.488. The number of benzene rings is 3. The van der Waals surface area contributed by atoms with E-state index in [4.69, 9.17) is 9.47 Å². The summed E-state index contributed by atoms with van der Waals surface area (Å²) in [5, 5.41) is 1.06. The van der Waals surface area contributed by atoms with Gasteiger partial charge in [-0.15, -0.1) is 11.8 Å². The molecule has 4 aromatic rings. The first-order valence-corrected chi connectivity index (χ1v) is 15.9. The van der Waals surface area contributed by atoms with Crippen LogP contribution in [0.15, 0.2) is 88.7 Å². The number of hydrogen-bond donors (Lipinski definition) is 1. The SMILES string of the molecule is COc1ccc(N2C(=O)C3C(C2=O)[C@@H]2C[C@H]3C3Sc4[nH]c(=O)sc4C(c4ccc(OCc5ccccc5)cc4)C32)cc1. The number of fused-ring (bicyclic) bond motifs is 9. The lowest BCUT2D eigenvalue weighted by Crippen LogP contribution is -2.42. The molecule has 2 aliphatic heterocycles. The lowest BCUT2D eigenvalue weighted by atomic mass is 9.68. The standard InChI is InChI=1S/C33H28N2O5S2/c1-39-20-13-9-19(10-14-20)35-31(36)26-22-15-23(27(26)32(35)37)28-25(22)24(29-30(41-28)34-33(38)42-29)18-7-11-21(12-8-18)40-16-17-5-3-2-4-6-17/h2-14,22-28H,15-16H2,1H3,(H,34,38)/t22-,23-,24?,25?,26?,27?,28?/m1/s1. The number of rotatable bonds is 6. The maximum absolute atomic E-state index is 13.9. The number of imide groups is 1. The van der Waals surface area contributed by atoms with Gasteiger partial charge in [-0.3, -0.25) is 19.3 Å². The highest BCUT2D eigenvalue weighted by Crippen LogP contribution is 2.68. The van der Waals surface area contributed by atoms with Crippen molar-refractivity contribution in [1.82, 2.24) is 4.98 Å². The summed E-state index contributed by atoms with van der Waals surface area (Å²) in [7, 11) is 1.59. The molecule has 8 rings (SSSR count). The second-order valence-corrected chi connectivity index (χ2v) is 13.7. The van der Waals surface area contributed by atoms with Gasteiger partial charge in [0.05, 0.1) is 29.7 Å².